The fourth-order valence-electron chi connectivity index (χ4n) is 2.58. The van der Waals surface area contributed by atoms with Crippen molar-refractivity contribution in [2.45, 2.75) is 19.9 Å². The number of nitrogens with one attached hydrogen (secondary N) is 1. The summed E-state index contributed by atoms with van der Waals surface area (Å²) in [5.41, 5.74) is 11.8. The summed E-state index contributed by atoms with van der Waals surface area (Å²) in [6.07, 6.45) is 0.445. The van der Waals surface area contributed by atoms with E-state index in [0.29, 0.717) is 13.0 Å². The van der Waals surface area contributed by atoms with Crippen LogP contribution in [0.25, 0.3) is 11.1 Å². The molecule has 1 aliphatic heterocycles. The second-order valence-electron chi connectivity index (χ2n) is 4.83. The number of fused-ring (bicyclic) bond motifs is 1. The highest BCUT2D eigenvalue weighted by Crippen LogP contribution is 2.32. The maximum atomic E-state index is 11.4. The monoisotopic (exact) mass is 256 g/mol. The van der Waals surface area contributed by atoms with E-state index in [2.05, 4.69) is 16.5 Å². The number of hydrogen-bond acceptors (Lipinski definition) is 3. The molecule has 5 heteroatoms. The maximum Gasteiger partial charge on any atom is 0.228 e. The van der Waals surface area contributed by atoms with Crippen LogP contribution in [-0.4, -0.2) is 15.7 Å². The van der Waals surface area contributed by atoms with E-state index in [1.165, 1.54) is 0 Å². The lowest BCUT2D eigenvalue weighted by molar-refractivity contribution is -0.115. The normalized spacial score (nSPS) is 13.5. The lowest BCUT2D eigenvalue weighted by Gasteiger charge is -2.06. The summed E-state index contributed by atoms with van der Waals surface area (Å²) in [6.45, 7) is 2.43. The molecule has 0 saturated heterocycles. The standard InChI is InChI=1S/C14H16N4O/c1-8-14(12(7-15)17-18(8)2)9-3-4-11-10(5-9)6-13(19)16-11/h3-5H,6-7,15H2,1-2H3,(H,16,19). The van der Waals surface area contributed by atoms with Crippen molar-refractivity contribution in [2.24, 2.45) is 12.8 Å². The summed E-state index contributed by atoms with van der Waals surface area (Å²) in [5, 5.41) is 7.26. The highest BCUT2D eigenvalue weighted by molar-refractivity contribution is 5.99. The Bertz CT molecular complexity index is 672. The first-order valence-corrected chi connectivity index (χ1v) is 6.26. The van der Waals surface area contributed by atoms with Crippen molar-refractivity contribution in [1.29, 1.82) is 0 Å². The third kappa shape index (κ3) is 1.82. The van der Waals surface area contributed by atoms with Crippen LogP contribution >= 0.6 is 0 Å². The molecule has 1 aliphatic rings. The SMILES string of the molecule is Cc1c(-c2ccc3c(c2)CC(=O)N3)c(CN)nn1C. The van der Waals surface area contributed by atoms with Gasteiger partial charge < -0.3 is 11.1 Å². The van der Waals surface area contributed by atoms with E-state index in [9.17, 15) is 4.79 Å². The Hall–Kier alpha value is -2.14. The number of hydrogen-bond donors (Lipinski definition) is 2. The van der Waals surface area contributed by atoms with E-state index in [-0.39, 0.29) is 5.91 Å². The molecule has 19 heavy (non-hydrogen) atoms. The lowest BCUT2D eigenvalue weighted by atomic mass is 10.00. The summed E-state index contributed by atoms with van der Waals surface area (Å²) in [5.74, 6) is 0.0501. The molecule has 0 atom stereocenters. The van der Waals surface area contributed by atoms with Crippen LogP contribution in [0.5, 0.6) is 0 Å². The van der Waals surface area contributed by atoms with Crippen LogP contribution in [0.1, 0.15) is 17.0 Å². The largest absolute Gasteiger partial charge is 0.326 e. The second-order valence-corrected chi connectivity index (χ2v) is 4.83. The molecular weight excluding hydrogens is 240 g/mol. The van der Waals surface area contributed by atoms with Gasteiger partial charge in [0.1, 0.15) is 0 Å². The molecule has 2 heterocycles. The predicted octanol–water partition coefficient (Wildman–Crippen LogP) is 1.35. The van der Waals surface area contributed by atoms with Crippen molar-refractivity contribution in [2.75, 3.05) is 5.32 Å². The van der Waals surface area contributed by atoms with Crippen molar-refractivity contribution >= 4 is 11.6 Å². The minimum atomic E-state index is 0.0501. The molecule has 0 spiro atoms. The van der Waals surface area contributed by atoms with Crippen molar-refractivity contribution in [1.82, 2.24) is 9.78 Å². The highest BCUT2D eigenvalue weighted by Gasteiger charge is 2.20. The number of benzene rings is 1. The third-order valence-electron chi connectivity index (χ3n) is 3.62. The van der Waals surface area contributed by atoms with Gasteiger partial charge in [0.05, 0.1) is 12.1 Å². The molecule has 5 nitrogen and oxygen atoms in total. The Balaban J connectivity index is 2.13. The molecule has 0 aliphatic carbocycles. The molecule has 0 radical (unpaired) electrons. The van der Waals surface area contributed by atoms with Gasteiger partial charge in [0.2, 0.25) is 5.91 Å². The summed E-state index contributed by atoms with van der Waals surface area (Å²) in [6, 6.07) is 6.01. The second kappa shape index (κ2) is 4.20. The van der Waals surface area contributed by atoms with Gasteiger partial charge in [0.15, 0.2) is 0 Å². The number of nitrogens with two attached hydrogens (primary N) is 1. The third-order valence-corrected chi connectivity index (χ3v) is 3.62. The van der Waals surface area contributed by atoms with E-state index in [1.807, 2.05) is 30.8 Å². The van der Waals surface area contributed by atoms with Crippen LogP contribution < -0.4 is 11.1 Å². The molecule has 0 bridgehead atoms. The number of aromatic nitrogens is 2. The van der Waals surface area contributed by atoms with Crippen LogP contribution in [0, 0.1) is 6.92 Å². The quantitative estimate of drug-likeness (QED) is 0.851. The fourth-order valence-corrected chi connectivity index (χ4v) is 2.58. The van der Waals surface area contributed by atoms with Crippen molar-refractivity contribution in [3.8, 4) is 11.1 Å². The molecule has 1 aromatic carbocycles. The molecule has 1 aromatic heterocycles. The number of aryl methyl sites for hydroxylation is 1. The van der Waals surface area contributed by atoms with Crippen LogP contribution in [-0.2, 0) is 24.8 Å². The predicted molar refractivity (Wildman–Crippen MR) is 73.6 cm³/mol. The Morgan fingerprint density at radius 1 is 1.47 bits per heavy atom. The first kappa shape index (κ1) is 11.9. The van der Waals surface area contributed by atoms with Gasteiger partial charge in [-0.05, 0) is 30.2 Å². The maximum absolute atomic E-state index is 11.4. The molecule has 3 N–H and O–H groups in total. The van der Waals surface area contributed by atoms with Gasteiger partial charge in [0.25, 0.3) is 0 Å². The fraction of sp³-hybridized carbons (Fsp3) is 0.286. The molecule has 0 saturated carbocycles. The number of nitrogens with zero attached hydrogens (tertiary/aromatic N) is 2. The topological polar surface area (TPSA) is 72.9 Å². The van der Waals surface area contributed by atoms with Gasteiger partial charge in [0, 0.05) is 30.5 Å². The zero-order valence-corrected chi connectivity index (χ0v) is 11.0. The van der Waals surface area contributed by atoms with Crippen LogP contribution in [0.2, 0.25) is 0 Å². The summed E-state index contributed by atoms with van der Waals surface area (Å²) >= 11 is 0. The molecule has 0 fully saturated rings. The molecule has 3 rings (SSSR count). The highest BCUT2D eigenvalue weighted by atomic mass is 16.1. The van der Waals surface area contributed by atoms with Gasteiger partial charge in [-0.15, -0.1) is 0 Å². The number of rotatable bonds is 2. The Kier molecular flexibility index (Phi) is 2.64. The van der Waals surface area contributed by atoms with E-state index in [0.717, 1.165) is 33.8 Å². The average Bonchev–Trinajstić information content (AvgIpc) is 2.88. The van der Waals surface area contributed by atoms with Crippen LogP contribution in [0.3, 0.4) is 0 Å². The van der Waals surface area contributed by atoms with Crippen molar-refractivity contribution < 1.29 is 4.79 Å². The number of carbonyl (C=O) groups excluding carboxylic acids is 1. The molecule has 98 valence electrons. The van der Waals surface area contributed by atoms with Gasteiger partial charge in [-0.3, -0.25) is 9.48 Å². The minimum Gasteiger partial charge on any atom is -0.326 e. The molecular formula is C14H16N4O. The Morgan fingerprint density at radius 3 is 3.00 bits per heavy atom. The van der Waals surface area contributed by atoms with Crippen LogP contribution in [0.4, 0.5) is 5.69 Å². The minimum absolute atomic E-state index is 0.0501. The van der Waals surface area contributed by atoms with Crippen LogP contribution in [0.15, 0.2) is 18.2 Å². The van der Waals surface area contributed by atoms with E-state index < -0.39 is 0 Å². The van der Waals surface area contributed by atoms with Crippen molar-refractivity contribution in [3.05, 3.63) is 35.2 Å². The van der Waals surface area contributed by atoms with Gasteiger partial charge in [-0.1, -0.05) is 6.07 Å². The Labute approximate surface area is 111 Å². The molecule has 1 amide bonds. The number of carbonyl (C=O) groups is 1. The van der Waals surface area contributed by atoms with E-state index >= 15 is 0 Å². The molecule has 0 unspecified atom stereocenters. The summed E-state index contributed by atoms with van der Waals surface area (Å²) in [4.78, 5) is 11.4. The smallest absolute Gasteiger partial charge is 0.228 e. The lowest BCUT2D eigenvalue weighted by Crippen LogP contribution is -2.03. The summed E-state index contributed by atoms with van der Waals surface area (Å²) < 4.78 is 1.84. The van der Waals surface area contributed by atoms with E-state index in [4.69, 9.17) is 5.73 Å². The zero-order valence-electron chi connectivity index (χ0n) is 11.0. The van der Waals surface area contributed by atoms with Crippen molar-refractivity contribution in [3.63, 3.8) is 0 Å². The van der Waals surface area contributed by atoms with Gasteiger partial charge in [-0.2, -0.15) is 5.10 Å². The van der Waals surface area contributed by atoms with Gasteiger partial charge in [-0.25, -0.2) is 0 Å². The number of amides is 1. The zero-order chi connectivity index (χ0) is 13.6. The Morgan fingerprint density at radius 2 is 2.26 bits per heavy atom. The first-order valence-electron chi connectivity index (χ1n) is 6.26. The summed E-state index contributed by atoms with van der Waals surface area (Å²) in [7, 11) is 1.91. The van der Waals surface area contributed by atoms with Gasteiger partial charge >= 0.3 is 0 Å². The number of anilines is 1. The molecule has 2 aromatic rings. The van der Waals surface area contributed by atoms with E-state index in [1.54, 1.807) is 0 Å². The first-order chi connectivity index (χ1) is 9.10. The average molecular weight is 256 g/mol.